The summed E-state index contributed by atoms with van der Waals surface area (Å²) in [7, 11) is 0. The summed E-state index contributed by atoms with van der Waals surface area (Å²) in [5.74, 6) is 0.802. The number of unbranched alkanes of at least 4 members (excludes halogenated alkanes) is 12. The molecule has 10 atom stereocenters. The highest BCUT2D eigenvalue weighted by Gasteiger charge is 2.71. The van der Waals surface area contributed by atoms with E-state index in [2.05, 4.69) is 68.4 Å². The number of allylic oxidation sites excluding steroid dienone is 1. The molecular weight excluding hydrogens is 617 g/mol. The van der Waals surface area contributed by atoms with Gasteiger partial charge in [0.15, 0.2) is 0 Å². The molecule has 0 saturated heterocycles. The Labute approximate surface area is 308 Å². The zero-order valence-corrected chi connectivity index (χ0v) is 34.3. The lowest BCUT2D eigenvalue weighted by Crippen LogP contribution is -2.68. The molecule has 4 saturated carbocycles. The van der Waals surface area contributed by atoms with E-state index in [1.54, 1.807) is 0 Å². The van der Waals surface area contributed by atoms with Crippen LogP contribution in [0.2, 0.25) is 0 Å². The molecule has 5 aliphatic rings. The summed E-state index contributed by atoms with van der Waals surface area (Å²) >= 11 is 0. The standard InChI is InChI=1S/C46H80O4/c1-10-11-12-13-14-15-16-17-18-19-20-21-22-23-39(49)50-38-25-26-44(7)36(42(38,4)5)24-27-45(8)40(44)35(47)30-33-34-31-41(2,3)28-29-43(34,6)37(48)32-46(33,45)9/h30,34-38,40,47-48H,10-29,31-32H2,1-9H3/t34-,35-,36?,37+,38+,40-,43+,44+,45-,46-/m1/s1. The molecule has 0 aromatic heterocycles. The number of hydrogen-bond acceptors (Lipinski definition) is 4. The molecule has 0 spiro atoms. The highest BCUT2D eigenvalue weighted by atomic mass is 16.5. The first-order valence-corrected chi connectivity index (χ1v) is 21.7. The lowest BCUT2D eigenvalue weighted by molar-refractivity contribution is -0.237. The third-order valence-electron chi connectivity index (χ3n) is 16.8. The minimum Gasteiger partial charge on any atom is -0.462 e. The Bertz CT molecular complexity index is 1190. The molecule has 4 heteroatoms. The smallest absolute Gasteiger partial charge is 0.306 e. The number of esters is 1. The fourth-order valence-corrected chi connectivity index (χ4v) is 13.4. The third kappa shape index (κ3) is 7.44. The van der Waals surface area contributed by atoms with Crippen LogP contribution in [0.1, 0.15) is 204 Å². The summed E-state index contributed by atoms with van der Waals surface area (Å²) in [4.78, 5) is 13.2. The van der Waals surface area contributed by atoms with Crippen molar-refractivity contribution in [3.05, 3.63) is 11.6 Å². The van der Waals surface area contributed by atoms with Crippen molar-refractivity contribution in [2.75, 3.05) is 0 Å². The largest absolute Gasteiger partial charge is 0.462 e. The van der Waals surface area contributed by atoms with Crippen molar-refractivity contribution in [1.29, 1.82) is 0 Å². The lowest BCUT2D eigenvalue weighted by atomic mass is 9.33. The first-order valence-electron chi connectivity index (χ1n) is 21.7. The van der Waals surface area contributed by atoms with Crippen LogP contribution in [0.4, 0.5) is 0 Å². The van der Waals surface area contributed by atoms with Gasteiger partial charge in [-0.05, 0) is 91.3 Å². The van der Waals surface area contributed by atoms with E-state index in [-0.39, 0.29) is 56.6 Å². The molecule has 0 aromatic carbocycles. The molecule has 2 N–H and O–H groups in total. The Morgan fingerprint density at radius 1 is 0.720 bits per heavy atom. The van der Waals surface area contributed by atoms with Gasteiger partial charge in [0.25, 0.3) is 0 Å². The van der Waals surface area contributed by atoms with Crippen LogP contribution in [0.5, 0.6) is 0 Å². The van der Waals surface area contributed by atoms with Gasteiger partial charge < -0.3 is 14.9 Å². The molecule has 0 aliphatic heterocycles. The monoisotopic (exact) mass is 697 g/mol. The molecule has 5 aliphatic carbocycles. The van der Waals surface area contributed by atoms with Gasteiger partial charge in [0.2, 0.25) is 0 Å². The van der Waals surface area contributed by atoms with Crippen LogP contribution in [0, 0.1) is 50.2 Å². The maximum Gasteiger partial charge on any atom is 0.306 e. The Hall–Kier alpha value is -0.870. The third-order valence-corrected chi connectivity index (χ3v) is 16.8. The Balaban J connectivity index is 1.17. The average molecular weight is 697 g/mol. The van der Waals surface area contributed by atoms with Crippen molar-refractivity contribution < 1.29 is 19.7 Å². The van der Waals surface area contributed by atoms with Crippen molar-refractivity contribution in [1.82, 2.24) is 0 Å². The molecule has 0 heterocycles. The topological polar surface area (TPSA) is 66.8 Å². The van der Waals surface area contributed by atoms with Crippen LogP contribution in [-0.4, -0.2) is 34.5 Å². The molecule has 4 nitrogen and oxygen atoms in total. The van der Waals surface area contributed by atoms with E-state index in [9.17, 15) is 15.0 Å². The van der Waals surface area contributed by atoms with Crippen LogP contribution < -0.4 is 0 Å². The van der Waals surface area contributed by atoms with Crippen LogP contribution >= 0.6 is 0 Å². The fraction of sp³-hybridized carbons (Fsp3) is 0.935. The number of fused-ring (bicyclic) bond motifs is 7. The van der Waals surface area contributed by atoms with Crippen molar-refractivity contribution in [3.8, 4) is 0 Å². The van der Waals surface area contributed by atoms with Gasteiger partial charge in [-0.2, -0.15) is 0 Å². The summed E-state index contributed by atoms with van der Waals surface area (Å²) in [5, 5.41) is 24.2. The summed E-state index contributed by atoms with van der Waals surface area (Å²) in [5.41, 5.74) is 1.16. The van der Waals surface area contributed by atoms with Gasteiger partial charge in [-0.3, -0.25) is 4.79 Å². The van der Waals surface area contributed by atoms with Gasteiger partial charge in [0.05, 0.1) is 12.2 Å². The predicted octanol–water partition coefficient (Wildman–Crippen LogP) is 12.1. The number of carbonyl (C=O) groups excluding carboxylic acids is 1. The Morgan fingerprint density at radius 2 is 1.30 bits per heavy atom. The molecule has 50 heavy (non-hydrogen) atoms. The van der Waals surface area contributed by atoms with E-state index in [0.717, 1.165) is 64.2 Å². The van der Waals surface area contributed by atoms with E-state index < -0.39 is 6.10 Å². The van der Waals surface area contributed by atoms with Crippen molar-refractivity contribution in [3.63, 3.8) is 0 Å². The highest BCUT2D eigenvalue weighted by Crippen LogP contribution is 2.75. The molecule has 0 bridgehead atoms. The number of carbonyl (C=O) groups is 1. The molecule has 0 radical (unpaired) electrons. The van der Waals surface area contributed by atoms with Crippen molar-refractivity contribution >= 4 is 5.97 Å². The van der Waals surface area contributed by atoms with E-state index in [1.165, 1.54) is 76.2 Å². The van der Waals surface area contributed by atoms with Crippen LogP contribution in [0.3, 0.4) is 0 Å². The second-order valence-electron chi connectivity index (χ2n) is 20.9. The van der Waals surface area contributed by atoms with Crippen molar-refractivity contribution in [2.24, 2.45) is 50.2 Å². The second kappa shape index (κ2) is 15.5. The highest BCUT2D eigenvalue weighted by molar-refractivity contribution is 5.69. The predicted molar refractivity (Wildman–Crippen MR) is 208 cm³/mol. The molecule has 288 valence electrons. The summed E-state index contributed by atoms with van der Waals surface area (Å²) < 4.78 is 6.36. The molecule has 4 fully saturated rings. The van der Waals surface area contributed by atoms with E-state index in [4.69, 9.17) is 4.74 Å². The van der Waals surface area contributed by atoms with Crippen LogP contribution in [0.15, 0.2) is 11.6 Å². The minimum atomic E-state index is -0.481. The van der Waals surface area contributed by atoms with Gasteiger partial charge in [0.1, 0.15) is 6.10 Å². The molecule has 0 aromatic rings. The normalized spacial score (nSPS) is 41.6. The lowest BCUT2D eigenvalue weighted by Gasteiger charge is -2.72. The number of aliphatic hydroxyl groups excluding tert-OH is 2. The number of rotatable bonds is 15. The molecular formula is C46H80O4. The second-order valence-corrected chi connectivity index (χ2v) is 20.9. The zero-order chi connectivity index (χ0) is 36.6. The van der Waals surface area contributed by atoms with Gasteiger partial charge in [-0.25, -0.2) is 0 Å². The quantitative estimate of drug-likeness (QED) is 0.102. The Kier molecular flexibility index (Phi) is 12.5. The molecule has 0 amide bonds. The minimum absolute atomic E-state index is 0.0113. The van der Waals surface area contributed by atoms with Crippen LogP contribution in [0.25, 0.3) is 0 Å². The number of aliphatic hydroxyl groups is 2. The van der Waals surface area contributed by atoms with Gasteiger partial charge in [-0.15, -0.1) is 0 Å². The first kappa shape index (κ1) is 40.3. The first-order chi connectivity index (χ1) is 23.5. The fourth-order valence-electron chi connectivity index (χ4n) is 13.4. The van der Waals surface area contributed by atoms with Gasteiger partial charge >= 0.3 is 5.97 Å². The van der Waals surface area contributed by atoms with Crippen molar-refractivity contribution in [2.45, 2.75) is 222 Å². The zero-order valence-electron chi connectivity index (χ0n) is 34.3. The molecule has 1 unspecified atom stereocenters. The van der Waals surface area contributed by atoms with Crippen LogP contribution in [-0.2, 0) is 9.53 Å². The average Bonchev–Trinajstić information content (AvgIpc) is 3.03. The summed E-state index contributed by atoms with van der Waals surface area (Å²) in [6.07, 6.45) is 27.1. The van der Waals surface area contributed by atoms with E-state index in [0.29, 0.717) is 18.3 Å². The Morgan fingerprint density at radius 3 is 1.90 bits per heavy atom. The maximum absolute atomic E-state index is 13.2. The number of hydrogen-bond donors (Lipinski definition) is 2. The summed E-state index contributed by atoms with van der Waals surface area (Å²) in [6, 6.07) is 0. The number of ether oxygens (including phenoxy) is 1. The maximum atomic E-state index is 13.2. The summed E-state index contributed by atoms with van der Waals surface area (Å²) in [6.45, 7) is 21.5. The van der Waals surface area contributed by atoms with E-state index >= 15 is 0 Å². The van der Waals surface area contributed by atoms with Gasteiger partial charge in [0, 0.05) is 23.2 Å². The van der Waals surface area contributed by atoms with Gasteiger partial charge in [-0.1, -0.05) is 151 Å². The molecule has 5 rings (SSSR count). The SMILES string of the molecule is CCCCCCCCCCCCCCCC(=O)O[C@H]1CC[C@@]2(C)C(CC[C@]3(C)[C@@H]2[C@H](O)C=C2[C@H]4CC(C)(C)CC[C@]4(C)[C@@H](O)C[C@]23C)C1(C)C. The van der Waals surface area contributed by atoms with E-state index in [1.807, 2.05) is 0 Å².